The van der Waals surface area contributed by atoms with Crippen molar-refractivity contribution in [2.45, 2.75) is 19.9 Å². The van der Waals surface area contributed by atoms with E-state index < -0.39 is 5.97 Å². The summed E-state index contributed by atoms with van der Waals surface area (Å²) in [5.41, 5.74) is 3.74. The Kier molecular flexibility index (Phi) is 4.35. The second kappa shape index (κ2) is 6.61. The second-order valence-corrected chi connectivity index (χ2v) is 5.82. The number of nitrogens with zero attached hydrogens (tertiary/aromatic N) is 4. The average Bonchev–Trinajstić information content (AvgIpc) is 3.03. The third-order valence-electron chi connectivity index (χ3n) is 3.65. The Bertz CT molecular complexity index is 985. The van der Waals surface area contributed by atoms with E-state index in [4.69, 9.17) is 10.00 Å². The fourth-order valence-corrected chi connectivity index (χ4v) is 2.55. The molecule has 7 nitrogen and oxygen atoms in total. The molecule has 0 aliphatic carbocycles. The minimum absolute atomic E-state index is 0.138. The summed E-state index contributed by atoms with van der Waals surface area (Å²) in [7, 11) is 1.34. The molecule has 0 saturated heterocycles. The molecule has 3 heterocycles. The fraction of sp³-hybridized carbons (Fsp3) is 0.222. The van der Waals surface area contributed by atoms with Crippen LogP contribution in [0.1, 0.15) is 29.8 Å². The number of hydrogen-bond donors (Lipinski definition) is 1. The first-order valence-corrected chi connectivity index (χ1v) is 7.76. The Morgan fingerprint density at radius 2 is 2.12 bits per heavy atom. The first-order valence-electron chi connectivity index (χ1n) is 7.76. The maximum Gasteiger partial charge on any atom is 0.341 e. The fourth-order valence-electron chi connectivity index (χ4n) is 2.55. The van der Waals surface area contributed by atoms with Gasteiger partial charge >= 0.3 is 5.97 Å². The molecule has 126 valence electrons. The number of carbonyl (C=O) groups excluding carboxylic acids is 1. The van der Waals surface area contributed by atoms with Crippen molar-refractivity contribution in [3.05, 3.63) is 47.8 Å². The lowest BCUT2D eigenvalue weighted by atomic mass is 10.1. The maximum atomic E-state index is 11.9. The summed E-state index contributed by atoms with van der Waals surface area (Å²) in [6.45, 7) is 3.97. The van der Waals surface area contributed by atoms with Gasteiger partial charge in [0, 0.05) is 12.2 Å². The normalized spacial score (nSPS) is 10.7. The van der Waals surface area contributed by atoms with Gasteiger partial charge in [0.15, 0.2) is 0 Å². The SMILES string of the molecule is COC(=O)c1cnc(-c2ccc3cc(C#N)cnn23)cc1NC(C)C. The zero-order valence-electron chi connectivity index (χ0n) is 14.1. The molecule has 0 amide bonds. The van der Waals surface area contributed by atoms with Crippen LogP contribution in [-0.4, -0.2) is 33.7 Å². The molecule has 0 atom stereocenters. The smallest absolute Gasteiger partial charge is 0.341 e. The average molecular weight is 335 g/mol. The van der Waals surface area contributed by atoms with E-state index in [2.05, 4.69) is 21.5 Å². The number of aromatic nitrogens is 3. The number of carbonyl (C=O) groups is 1. The van der Waals surface area contributed by atoms with Gasteiger partial charge in [-0.25, -0.2) is 9.31 Å². The van der Waals surface area contributed by atoms with E-state index in [1.807, 2.05) is 26.0 Å². The molecular weight excluding hydrogens is 318 g/mol. The number of nitriles is 1. The van der Waals surface area contributed by atoms with Crippen LogP contribution in [0.15, 0.2) is 36.7 Å². The molecule has 0 unspecified atom stereocenters. The number of ether oxygens (including phenoxy) is 1. The predicted octanol–water partition coefficient (Wildman–Crippen LogP) is 2.87. The molecule has 0 aromatic carbocycles. The summed E-state index contributed by atoms with van der Waals surface area (Å²) in [6, 6.07) is 9.51. The van der Waals surface area contributed by atoms with E-state index in [0.717, 1.165) is 11.2 Å². The molecule has 0 bridgehead atoms. The minimum Gasteiger partial charge on any atom is -0.465 e. The topological polar surface area (TPSA) is 92.3 Å². The minimum atomic E-state index is -0.445. The highest BCUT2D eigenvalue weighted by molar-refractivity contribution is 5.96. The summed E-state index contributed by atoms with van der Waals surface area (Å²) in [6.07, 6.45) is 3.00. The molecule has 1 N–H and O–H groups in total. The quantitative estimate of drug-likeness (QED) is 0.737. The summed E-state index contributed by atoms with van der Waals surface area (Å²) in [5.74, 6) is -0.445. The standard InChI is InChI=1S/C18H17N5O2/c1-11(2)22-15-7-16(20-10-14(15)18(24)25-3)17-5-4-13-6-12(8-19)9-21-23(13)17/h4-7,9-11H,1-3H3,(H,20,22). The van der Waals surface area contributed by atoms with Crippen molar-refractivity contribution in [1.82, 2.24) is 14.6 Å². The van der Waals surface area contributed by atoms with Crippen molar-refractivity contribution in [1.29, 1.82) is 5.26 Å². The van der Waals surface area contributed by atoms with E-state index in [9.17, 15) is 4.79 Å². The first kappa shape index (κ1) is 16.5. The van der Waals surface area contributed by atoms with E-state index in [1.54, 1.807) is 16.6 Å². The Balaban J connectivity index is 2.11. The Morgan fingerprint density at radius 1 is 1.32 bits per heavy atom. The van der Waals surface area contributed by atoms with E-state index in [-0.39, 0.29) is 6.04 Å². The van der Waals surface area contributed by atoms with Gasteiger partial charge in [-0.05, 0) is 38.1 Å². The van der Waals surface area contributed by atoms with Gasteiger partial charge in [-0.1, -0.05) is 0 Å². The number of nitrogens with one attached hydrogen (secondary N) is 1. The maximum absolute atomic E-state index is 11.9. The summed E-state index contributed by atoms with van der Waals surface area (Å²) < 4.78 is 6.53. The lowest BCUT2D eigenvalue weighted by molar-refractivity contribution is 0.0601. The third-order valence-corrected chi connectivity index (χ3v) is 3.65. The van der Waals surface area contributed by atoms with Gasteiger partial charge in [0.05, 0.1) is 41.5 Å². The highest BCUT2D eigenvalue weighted by Crippen LogP contribution is 2.26. The van der Waals surface area contributed by atoms with Crippen LogP contribution in [-0.2, 0) is 4.74 Å². The molecule has 0 fully saturated rings. The van der Waals surface area contributed by atoms with Gasteiger partial charge in [0.1, 0.15) is 11.6 Å². The molecule has 0 aliphatic heterocycles. The summed E-state index contributed by atoms with van der Waals surface area (Å²) >= 11 is 0. The van der Waals surface area contributed by atoms with Gasteiger partial charge < -0.3 is 10.1 Å². The zero-order valence-corrected chi connectivity index (χ0v) is 14.1. The van der Waals surface area contributed by atoms with Crippen LogP contribution in [0.25, 0.3) is 16.9 Å². The number of hydrogen-bond acceptors (Lipinski definition) is 6. The monoisotopic (exact) mass is 335 g/mol. The first-order chi connectivity index (χ1) is 12.0. The molecule has 0 saturated carbocycles. The van der Waals surface area contributed by atoms with Crippen LogP contribution in [0.2, 0.25) is 0 Å². The lowest BCUT2D eigenvalue weighted by Gasteiger charge is -2.14. The van der Waals surface area contributed by atoms with E-state index >= 15 is 0 Å². The molecule has 25 heavy (non-hydrogen) atoms. The number of fused-ring (bicyclic) bond motifs is 1. The van der Waals surface area contributed by atoms with Gasteiger partial charge in [-0.2, -0.15) is 10.4 Å². The third kappa shape index (κ3) is 3.15. The Morgan fingerprint density at radius 3 is 2.80 bits per heavy atom. The second-order valence-electron chi connectivity index (χ2n) is 5.82. The number of pyridine rings is 1. The zero-order chi connectivity index (χ0) is 18.0. The van der Waals surface area contributed by atoms with Crippen molar-refractivity contribution in [2.24, 2.45) is 0 Å². The van der Waals surface area contributed by atoms with E-state index in [0.29, 0.717) is 22.5 Å². The van der Waals surface area contributed by atoms with Gasteiger partial charge in [0.2, 0.25) is 0 Å². The molecule has 3 aromatic rings. The van der Waals surface area contributed by atoms with Crippen molar-refractivity contribution in [3.63, 3.8) is 0 Å². The van der Waals surface area contributed by atoms with Crippen LogP contribution in [0, 0.1) is 11.3 Å². The van der Waals surface area contributed by atoms with Gasteiger partial charge in [-0.3, -0.25) is 4.98 Å². The van der Waals surface area contributed by atoms with Crippen LogP contribution in [0.3, 0.4) is 0 Å². The molecule has 0 aliphatic rings. The van der Waals surface area contributed by atoms with Crippen LogP contribution >= 0.6 is 0 Å². The number of anilines is 1. The number of rotatable bonds is 4. The number of methoxy groups -OCH3 is 1. The Labute approximate surface area is 144 Å². The number of esters is 1. The molecule has 0 radical (unpaired) electrons. The highest BCUT2D eigenvalue weighted by Gasteiger charge is 2.16. The van der Waals surface area contributed by atoms with Crippen LogP contribution in [0.5, 0.6) is 0 Å². The molecule has 3 rings (SSSR count). The van der Waals surface area contributed by atoms with Crippen molar-refractivity contribution < 1.29 is 9.53 Å². The van der Waals surface area contributed by atoms with Crippen LogP contribution < -0.4 is 5.32 Å². The van der Waals surface area contributed by atoms with Gasteiger partial charge in [0.25, 0.3) is 0 Å². The van der Waals surface area contributed by atoms with Crippen LogP contribution in [0.4, 0.5) is 5.69 Å². The van der Waals surface area contributed by atoms with E-state index in [1.165, 1.54) is 19.5 Å². The summed E-state index contributed by atoms with van der Waals surface area (Å²) in [4.78, 5) is 16.3. The predicted molar refractivity (Wildman–Crippen MR) is 93.2 cm³/mol. The summed E-state index contributed by atoms with van der Waals surface area (Å²) in [5, 5.41) is 16.5. The molecular formula is C18H17N5O2. The van der Waals surface area contributed by atoms with Crippen molar-refractivity contribution in [2.75, 3.05) is 12.4 Å². The molecule has 0 spiro atoms. The Hall–Kier alpha value is -3.40. The largest absolute Gasteiger partial charge is 0.465 e. The lowest BCUT2D eigenvalue weighted by Crippen LogP contribution is -2.15. The molecule has 3 aromatic heterocycles. The van der Waals surface area contributed by atoms with Crippen molar-refractivity contribution in [3.8, 4) is 17.5 Å². The van der Waals surface area contributed by atoms with Crippen molar-refractivity contribution >= 4 is 17.2 Å². The van der Waals surface area contributed by atoms with Gasteiger partial charge in [-0.15, -0.1) is 0 Å². The molecule has 7 heteroatoms. The highest BCUT2D eigenvalue weighted by atomic mass is 16.5.